The lowest BCUT2D eigenvalue weighted by molar-refractivity contribution is -0.125. The van der Waals surface area contributed by atoms with Crippen LogP contribution in [0, 0.1) is 5.92 Å². The Morgan fingerprint density at radius 1 is 1.67 bits per heavy atom. The summed E-state index contributed by atoms with van der Waals surface area (Å²) in [5.41, 5.74) is 5.19. The van der Waals surface area contributed by atoms with Gasteiger partial charge in [0.05, 0.1) is 6.20 Å². The van der Waals surface area contributed by atoms with Gasteiger partial charge < -0.3 is 10.2 Å². The highest BCUT2D eigenvalue weighted by atomic mass is 16.3. The van der Waals surface area contributed by atoms with E-state index >= 15 is 0 Å². The molecule has 0 saturated heterocycles. The molecule has 12 heavy (non-hydrogen) atoms. The molecule has 1 heterocycles. The van der Waals surface area contributed by atoms with E-state index in [-0.39, 0.29) is 17.7 Å². The van der Waals surface area contributed by atoms with Crippen LogP contribution in [0.15, 0.2) is 17.0 Å². The van der Waals surface area contributed by atoms with E-state index in [1.54, 1.807) is 6.20 Å². The fraction of sp³-hybridized carbons (Fsp3) is 0.500. The summed E-state index contributed by atoms with van der Waals surface area (Å²) in [7, 11) is 0. The minimum absolute atomic E-state index is 0.0436. The second-order valence-electron chi connectivity index (χ2n) is 3.10. The fourth-order valence-corrected chi connectivity index (χ4v) is 1.59. The van der Waals surface area contributed by atoms with E-state index in [2.05, 4.69) is 4.98 Å². The maximum atomic E-state index is 10.8. The summed E-state index contributed by atoms with van der Waals surface area (Å²) in [4.78, 5) is 14.6. The summed E-state index contributed by atoms with van der Waals surface area (Å²) < 4.78 is 5.10. The Hall–Kier alpha value is -1.32. The van der Waals surface area contributed by atoms with Gasteiger partial charge in [-0.25, -0.2) is 4.98 Å². The van der Waals surface area contributed by atoms with Crippen LogP contribution in [0.1, 0.15) is 24.5 Å². The number of nitrogens with zero attached hydrogens (tertiary/aromatic N) is 1. The van der Waals surface area contributed by atoms with Crippen LogP contribution in [0.5, 0.6) is 0 Å². The lowest BCUT2D eigenvalue weighted by Crippen LogP contribution is -2.35. The Morgan fingerprint density at radius 3 is 2.92 bits per heavy atom. The number of hydrogen-bond donors (Lipinski definition) is 1. The van der Waals surface area contributed by atoms with Gasteiger partial charge in [0.15, 0.2) is 6.39 Å². The molecule has 1 fully saturated rings. The van der Waals surface area contributed by atoms with E-state index in [4.69, 9.17) is 10.2 Å². The molecule has 1 aliphatic rings. The summed E-state index contributed by atoms with van der Waals surface area (Å²) in [5, 5.41) is 0. The van der Waals surface area contributed by atoms with Crippen LogP contribution < -0.4 is 5.73 Å². The predicted octanol–water partition coefficient (Wildman–Crippen LogP) is 0.653. The highest BCUT2D eigenvalue weighted by Gasteiger charge is 2.38. The van der Waals surface area contributed by atoms with Crippen LogP contribution in [0.25, 0.3) is 0 Å². The second-order valence-corrected chi connectivity index (χ2v) is 3.10. The third-order valence-electron chi connectivity index (χ3n) is 2.46. The molecule has 2 rings (SSSR count). The third-order valence-corrected chi connectivity index (χ3v) is 2.46. The summed E-state index contributed by atoms with van der Waals surface area (Å²) in [6, 6.07) is 0. The molecule has 1 aromatic rings. The minimum Gasteiger partial charge on any atom is -0.448 e. The lowest BCUT2D eigenvalue weighted by Gasteiger charge is -2.31. The highest BCUT2D eigenvalue weighted by Crippen LogP contribution is 2.41. The molecule has 0 radical (unpaired) electrons. The Bertz CT molecular complexity index is 281. The summed E-state index contributed by atoms with van der Waals surface area (Å²) in [5.74, 6) is 0.677. The lowest BCUT2D eigenvalue weighted by atomic mass is 9.72. The van der Waals surface area contributed by atoms with Crippen molar-refractivity contribution in [3.63, 3.8) is 0 Å². The Labute approximate surface area is 69.8 Å². The zero-order valence-electron chi connectivity index (χ0n) is 6.56. The molecule has 2 unspecified atom stereocenters. The smallest absolute Gasteiger partial charge is 0.221 e. The molecule has 1 amide bonds. The van der Waals surface area contributed by atoms with Gasteiger partial charge in [0.2, 0.25) is 5.91 Å². The van der Waals surface area contributed by atoms with Crippen molar-refractivity contribution < 1.29 is 9.21 Å². The monoisotopic (exact) mass is 166 g/mol. The minimum atomic E-state index is -0.234. The SMILES string of the molecule is NC(=O)C1CCC1c1cnco1. The topological polar surface area (TPSA) is 69.1 Å². The molecule has 2 N–H and O–H groups in total. The number of nitrogens with two attached hydrogens (primary N) is 1. The number of aromatic nitrogens is 1. The molecule has 4 nitrogen and oxygen atoms in total. The first-order valence-corrected chi connectivity index (χ1v) is 3.96. The molecular weight excluding hydrogens is 156 g/mol. The van der Waals surface area contributed by atoms with Crippen LogP contribution in [0.3, 0.4) is 0 Å². The van der Waals surface area contributed by atoms with Crippen molar-refractivity contribution in [2.75, 3.05) is 0 Å². The summed E-state index contributed by atoms with van der Waals surface area (Å²) in [6.45, 7) is 0. The normalized spacial score (nSPS) is 28.0. The Kier molecular flexibility index (Phi) is 1.60. The molecule has 2 atom stereocenters. The van der Waals surface area contributed by atoms with Gasteiger partial charge in [-0.3, -0.25) is 4.79 Å². The molecule has 0 spiro atoms. The van der Waals surface area contributed by atoms with Gasteiger partial charge in [0.1, 0.15) is 5.76 Å². The maximum absolute atomic E-state index is 10.8. The predicted molar refractivity (Wildman–Crippen MR) is 41.2 cm³/mol. The molecule has 0 aliphatic heterocycles. The van der Waals surface area contributed by atoms with Gasteiger partial charge >= 0.3 is 0 Å². The first-order valence-electron chi connectivity index (χ1n) is 3.96. The highest BCUT2D eigenvalue weighted by molar-refractivity contribution is 5.78. The quantitative estimate of drug-likeness (QED) is 0.701. The number of carbonyl (C=O) groups excluding carboxylic acids is 1. The van der Waals surface area contributed by atoms with E-state index in [1.807, 2.05) is 0 Å². The molecular formula is C8H10N2O2. The molecule has 64 valence electrons. The van der Waals surface area contributed by atoms with Crippen molar-refractivity contribution in [2.45, 2.75) is 18.8 Å². The zero-order valence-corrected chi connectivity index (χ0v) is 6.56. The molecule has 4 heteroatoms. The van der Waals surface area contributed by atoms with E-state index in [0.29, 0.717) is 0 Å². The molecule has 0 bridgehead atoms. The van der Waals surface area contributed by atoms with E-state index in [9.17, 15) is 4.79 Å². The number of carbonyl (C=O) groups is 1. The van der Waals surface area contributed by atoms with Gasteiger partial charge in [0.25, 0.3) is 0 Å². The van der Waals surface area contributed by atoms with Crippen molar-refractivity contribution in [1.82, 2.24) is 4.98 Å². The van der Waals surface area contributed by atoms with Crippen LogP contribution in [-0.4, -0.2) is 10.9 Å². The largest absolute Gasteiger partial charge is 0.448 e. The number of oxazole rings is 1. The van der Waals surface area contributed by atoms with Crippen molar-refractivity contribution in [2.24, 2.45) is 11.7 Å². The van der Waals surface area contributed by atoms with Crippen LogP contribution in [-0.2, 0) is 4.79 Å². The average Bonchev–Trinajstić information content (AvgIpc) is 2.35. The molecule has 0 aromatic carbocycles. The average molecular weight is 166 g/mol. The number of hydrogen-bond acceptors (Lipinski definition) is 3. The standard InChI is InChI=1S/C8H10N2O2/c9-8(11)6-2-1-5(6)7-3-10-4-12-7/h3-6H,1-2H2,(H2,9,11). The number of rotatable bonds is 2. The van der Waals surface area contributed by atoms with Crippen LogP contribution >= 0.6 is 0 Å². The first-order chi connectivity index (χ1) is 5.79. The van der Waals surface area contributed by atoms with Crippen LogP contribution in [0.4, 0.5) is 0 Å². The van der Waals surface area contributed by atoms with E-state index in [1.165, 1.54) is 6.39 Å². The summed E-state index contributed by atoms with van der Waals surface area (Å²) >= 11 is 0. The second kappa shape index (κ2) is 2.62. The van der Waals surface area contributed by atoms with Crippen molar-refractivity contribution in [3.05, 3.63) is 18.4 Å². The maximum Gasteiger partial charge on any atom is 0.221 e. The van der Waals surface area contributed by atoms with Gasteiger partial charge in [-0.15, -0.1) is 0 Å². The third kappa shape index (κ3) is 0.995. The molecule has 1 saturated carbocycles. The molecule has 1 aromatic heterocycles. The van der Waals surface area contributed by atoms with Gasteiger partial charge in [-0.2, -0.15) is 0 Å². The first kappa shape index (κ1) is 7.34. The van der Waals surface area contributed by atoms with E-state index in [0.717, 1.165) is 18.6 Å². The summed E-state index contributed by atoms with van der Waals surface area (Å²) in [6.07, 6.45) is 4.88. The Morgan fingerprint density at radius 2 is 2.50 bits per heavy atom. The van der Waals surface area contributed by atoms with E-state index < -0.39 is 0 Å². The van der Waals surface area contributed by atoms with Crippen molar-refractivity contribution >= 4 is 5.91 Å². The number of primary amides is 1. The van der Waals surface area contributed by atoms with Gasteiger partial charge in [-0.05, 0) is 12.8 Å². The zero-order chi connectivity index (χ0) is 8.55. The number of amides is 1. The fourth-order valence-electron chi connectivity index (χ4n) is 1.59. The Balaban J connectivity index is 2.12. The van der Waals surface area contributed by atoms with Gasteiger partial charge in [0, 0.05) is 11.8 Å². The van der Waals surface area contributed by atoms with Crippen molar-refractivity contribution in [3.8, 4) is 0 Å². The molecule has 1 aliphatic carbocycles. The van der Waals surface area contributed by atoms with Crippen LogP contribution in [0.2, 0.25) is 0 Å². The van der Waals surface area contributed by atoms with Gasteiger partial charge in [-0.1, -0.05) is 0 Å². The van der Waals surface area contributed by atoms with Crippen molar-refractivity contribution in [1.29, 1.82) is 0 Å².